The monoisotopic (exact) mass is 255 g/mol. The van der Waals surface area contributed by atoms with Crippen LogP contribution in [0, 0.1) is 13.8 Å². The Kier molecular flexibility index (Phi) is 5.79. The molecule has 1 N–H and O–H groups in total. The predicted octanol–water partition coefficient (Wildman–Crippen LogP) is 3.25. The Balaban J connectivity index is 0.00000144. The lowest BCUT2D eigenvalue weighted by Crippen LogP contribution is -2.38. The van der Waals surface area contributed by atoms with Crippen LogP contribution in [-0.2, 0) is 0 Å². The first-order chi connectivity index (χ1) is 7.77. The second-order valence-electron chi connectivity index (χ2n) is 4.68. The predicted molar refractivity (Wildman–Crippen MR) is 74.3 cm³/mol. The summed E-state index contributed by atoms with van der Waals surface area (Å²) in [6.45, 7) is 6.15. The molecule has 1 aromatic carbocycles. The van der Waals surface area contributed by atoms with Crippen LogP contribution >= 0.6 is 12.4 Å². The Morgan fingerprint density at radius 1 is 1.24 bits per heavy atom. The smallest absolute Gasteiger partial charge is 0.125 e. The molecule has 1 fully saturated rings. The standard InChI is InChI=1S/C14H21NO.ClH/c1-11-6-5-7-12(2)14(11)16-10-13-8-3-4-9-15-13;/h5-7,13,15H,3-4,8-10H2,1-2H3;1H. The minimum atomic E-state index is 0. The zero-order chi connectivity index (χ0) is 11.4. The lowest BCUT2D eigenvalue weighted by Gasteiger charge is -2.24. The van der Waals surface area contributed by atoms with Gasteiger partial charge in [0.2, 0.25) is 0 Å². The third-order valence-corrected chi connectivity index (χ3v) is 3.25. The van der Waals surface area contributed by atoms with Crippen molar-refractivity contribution in [1.29, 1.82) is 0 Å². The van der Waals surface area contributed by atoms with Crippen LogP contribution in [0.3, 0.4) is 0 Å². The first kappa shape index (κ1) is 14.3. The van der Waals surface area contributed by atoms with Crippen molar-refractivity contribution in [2.75, 3.05) is 13.2 Å². The maximum atomic E-state index is 5.94. The maximum Gasteiger partial charge on any atom is 0.125 e. The molecule has 1 saturated heterocycles. The van der Waals surface area contributed by atoms with Gasteiger partial charge in [-0.3, -0.25) is 0 Å². The van der Waals surface area contributed by atoms with E-state index < -0.39 is 0 Å². The van der Waals surface area contributed by atoms with Crippen molar-refractivity contribution in [3.05, 3.63) is 29.3 Å². The first-order valence-electron chi connectivity index (χ1n) is 6.20. The molecule has 0 aromatic heterocycles. The van der Waals surface area contributed by atoms with Crippen LogP contribution in [0.5, 0.6) is 5.75 Å². The van der Waals surface area contributed by atoms with Crippen molar-refractivity contribution >= 4 is 12.4 Å². The molecule has 96 valence electrons. The second kappa shape index (κ2) is 6.87. The van der Waals surface area contributed by atoms with Gasteiger partial charge in [-0.2, -0.15) is 0 Å². The van der Waals surface area contributed by atoms with Crippen LogP contribution < -0.4 is 10.1 Å². The Morgan fingerprint density at radius 2 is 1.94 bits per heavy atom. The largest absolute Gasteiger partial charge is 0.491 e. The van der Waals surface area contributed by atoms with E-state index in [1.165, 1.54) is 30.4 Å². The Morgan fingerprint density at radius 3 is 2.53 bits per heavy atom. The molecular formula is C14H22ClNO. The van der Waals surface area contributed by atoms with Gasteiger partial charge < -0.3 is 10.1 Å². The summed E-state index contributed by atoms with van der Waals surface area (Å²) in [7, 11) is 0. The molecule has 2 rings (SSSR count). The lowest BCUT2D eigenvalue weighted by molar-refractivity contribution is 0.237. The van der Waals surface area contributed by atoms with E-state index in [0.29, 0.717) is 6.04 Å². The molecule has 0 amide bonds. The summed E-state index contributed by atoms with van der Waals surface area (Å²) >= 11 is 0. The zero-order valence-electron chi connectivity index (χ0n) is 10.7. The molecule has 0 saturated carbocycles. The Hall–Kier alpha value is -0.730. The van der Waals surface area contributed by atoms with Gasteiger partial charge in [0, 0.05) is 6.04 Å². The molecule has 17 heavy (non-hydrogen) atoms. The van der Waals surface area contributed by atoms with Crippen LogP contribution in [0.2, 0.25) is 0 Å². The van der Waals surface area contributed by atoms with Crippen molar-refractivity contribution < 1.29 is 4.74 Å². The van der Waals surface area contributed by atoms with Crippen LogP contribution in [-0.4, -0.2) is 19.2 Å². The van der Waals surface area contributed by atoms with Crippen molar-refractivity contribution in [3.8, 4) is 5.75 Å². The normalized spacial score (nSPS) is 19.5. The molecule has 1 aliphatic rings. The van der Waals surface area contributed by atoms with E-state index in [2.05, 4.69) is 37.4 Å². The lowest BCUT2D eigenvalue weighted by atomic mass is 10.1. The van der Waals surface area contributed by atoms with E-state index in [-0.39, 0.29) is 12.4 Å². The minimum absolute atomic E-state index is 0. The average Bonchev–Trinajstić information content (AvgIpc) is 2.30. The van der Waals surface area contributed by atoms with Gasteiger partial charge in [0.05, 0.1) is 0 Å². The van der Waals surface area contributed by atoms with E-state index in [1.54, 1.807) is 0 Å². The number of halogens is 1. The van der Waals surface area contributed by atoms with Crippen LogP contribution in [0.25, 0.3) is 0 Å². The van der Waals surface area contributed by atoms with Gasteiger partial charge in [-0.15, -0.1) is 12.4 Å². The van der Waals surface area contributed by atoms with Crippen LogP contribution in [0.1, 0.15) is 30.4 Å². The van der Waals surface area contributed by atoms with Crippen molar-refractivity contribution in [2.45, 2.75) is 39.2 Å². The Bertz CT molecular complexity index is 328. The number of ether oxygens (including phenoxy) is 1. The van der Waals surface area contributed by atoms with Crippen molar-refractivity contribution in [1.82, 2.24) is 5.32 Å². The van der Waals surface area contributed by atoms with E-state index in [9.17, 15) is 0 Å². The molecular weight excluding hydrogens is 234 g/mol. The van der Waals surface area contributed by atoms with E-state index in [1.807, 2.05) is 0 Å². The highest BCUT2D eigenvalue weighted by atomic mass is 35.5. The fourth-order valence-electron chi connectivity index (χ4n) is 2.28. The third-order valence-electron chi connectivity index (χ3n) is 3.25. The van der Waals surface area contributed by atoms with Crippen molar-refractivity contribution in [2.24, 2.45) is 0 Å². The summed E-state index contributed by atoms with van der Waals surface area (Å²) in [4.78, 5) is 0. The summed E-state index contributed by atoms with van der Waals surface area (Å²) in [6.07, 6.45) is 3.87. The van der Waals surface area contributed by atoms with Crippen LogP contribution in [0.4, 0.5) is 0 Å². The molecule has 0 radical (unpaired) electrons. The highest BCUT2D eigenvalue weighted by molar-refractivity contribution is 5.85. The van der Waals surface area contributed by atoms with Gasteiger partial charge in [-0.1, -0.05) is 24.6 Å². The summed E-state index contributed by atoms with van der Waals surface area (Å²) in [5, 5.41) is 3.50. The number of aryl methyl sites for hydroxylation is 2. The third kappa shape index (κ3) is 3.90. The molecule has 1 aliphatic heterocycles. The molecule has 0 spiro atoms. The number of hydrogen-bond donors (Lipinski definition) is 1. The number of rotatable bonds is 3. The molecule has 1 atom stereocenters. The molecule has 1 heterocycles. The van der Waals surface area contributed by atoms with Gasteiger partial charge in [0.15, 0.2) is 0 Å². The molecule has 1 unspecified atom stereocenters. The first-order valence-corrected chi connectivity index (χ1v) is 6.20. The summed E-state index contributed by atoms with van der Waals surface area (Å²) < 4.78 is 5.94. The molecule has 2 nitrogen and oxygen atoms in total. The van der Waals surface area contributed by atoms with Gasteiger partial charge in [-0.25, -0.2) is 0 Å². The molecule has 0 aliphatic carbocycles. The number of hydrogen-bond acceptors (Lipinski definition) is 2. The zero-order valence-corrected chi connectivity index (χ0v) is 11.5. The number of piperidine rings is 1. The maximum absolute atomic E-state index is 5.94. The summed E-state index contributed by atoms with van der Waals surface area (Å²) in [6, 6.07) is 6.83. The summed E-state index contributed by atoms with van der Waals surface area (Å²) in [5.41, 5.74) is 2.46. The van der Waals surface area contributed by atoms with Crippen LogP contribution in [0.15, 0.2) is 18.2 Å². The summed E-state index contributed by atoms with van der Waals surface area (Å²) in [5.74, 6) is 1.06. The number of benzene rings is 1. The van der Waals surface area contributed by atoms with E-state index in [0.717, 1.165) is 18.9 Å². The molecule has 0 bridgehead atoms. The SMILES string of the molecule is Cc1cccc(C)c1OCC1CCCCN1.Cl. The van der Waals surface area contributed by atoms with E-state index in [4.69, 9.17) is 4.74 Å². The highest BCUT2D eigenvalue weighted by Crippen LogP contribution is 2.22. The fourth-order valence-corrected chi connectivity index (χ4v) is 2.28. The Labute approximate surface area is 110 Å². The minimum Gasteiger partial charge on any atom is -0.491 e. The number of para-hydroxylation sites is 1. The van der Waals surface area contributed by atoms with E-state index >= 15 is 0 Å². The van der Waals surface area contributed by atoms with Crippen molar-refractivity contribution in [3.63, 3.8) is 0 Å². The fraction of sp³-hybridized carbons (Fsp3) is 0.571. The average molecular weight is 256 g/mol. The number of nitrogens with one attached hydrogen (secondary N) is 1. The van der Waals surface area contributed by atoms with Gasteiger partial charge in [0.1, 0.15) is 12.4 Å². The van der Waals surface area contributed by atoms with Gasteiger partial charge in [-0.05, 0) is 44.4 Å². The molecule has 1 aromatic rings. The van der Waals surface area contributed by atoms with Gasteiger partial charge in [0.25, 0.3) is 0 Å². The second-order valence-corrected chi connectivity index (χ2v) is 4.68. The van der Waals surface area contributed by atoms with Gasteiger partial charge >= 0.3 is 0 Å². The quantitative estimate of drug-likeness (QED) is 0.895. The topological polar surface area (TPSA) is 21.3 Å². The molecule has 3 heteroatoms. The highest BCUT2D eigenvalue weighted by Gasteiger charge is 2.13.